The van der Waals surface area contributed by atoms with Crippen molar-refractivity contribution in [1.29, 1.82) is 0 Å². The largest absolute Gasteiger partial charge is 0.374 e. The first-order valence-electron chi connectivity index (χ1n) is 7.65. The number of anilines is 1. The maximum absolute atomic E-state index is 4.37. The Balaban J connectivity index is 1.92. The van der Waals surface area contributed by atoms with Crippen molar-refractivity contribution in [3.05, 3.63) is 59.9 Å². The maximum Gasteiger partial charge on any atom is 0.0421 e. The van der Waals surface area contributed by atoms with Crippen LogP contribution in [0.15, 0.2) is 48.7 Å². The molecule has 1 unspecified atom stereocenters. The summed E-state index contributed by atoms with van der Waals surface area (Å²) in [4.78, 5) is 6.64. The van der Waals surface area contributed by atoms with Gasteiger partial charge in [0.15, 0.2) is 0 Å². The fourth-order valence-corrected chi connectivity index (χ4v) is 2.40. The predicted molar refractivity (Wildman–Crippen MR) is 89.7 cm³/mol. The van der Waals surface area contributed by atoms with Gasteiger partial charge in [-0.3, -0.25) is 4.98 Å². The van der Waals surface area contributed by atoms with Crippen molar-refractivity contribution >= 4 is 5.69 Å². The number of rotatable bonds is 7. The highest BCUT2D eigenvalue weighted by molar-refractivity contribution is 5.47. The lowest BCUT2D eigenvalue weighted by Gasteiger charge is -2.20. The highest BCUT2D eigenvalue weighted by Gasteiger charge is 2.05. The van der Waals surface area contributed by atoms with Crippen molar-refractivity contribution in [3.63, 3.8) is 0 Å². The normalized spacial score (nSPS) is 12.1. The standard InChI is InChI=1S/C18H25N3/c1-4-19-15(2)16-8-10-18(11-9-16)21(3)14-12-17-7-5-6-13-20-17/h5-11,13,15,19H,4,12,14H2,1-3H3. The molecule has 21 heavy (non-hydrogen) atoms. The molecule has 0 saturated heterocycles. The van der Waals surface area contributed by atoms with E-state index >= 15 is 0 Å². The summed E-state index contributed by atoms with van der Waals surface area (Å²) in [7, 11) is 2.13. The van der Waals surface area contributed by atoms with Gasteiger partial charge in [-0.15, -0.1) is 0 Å². The van der Waals surface area contributed by atoms with Crippen molar-refractivity contribution in [2.75, 3.05) is 25.0 Å². The minimum atomic E-state index is 0.405. The van der Waals surface area contributed by atoms with Gasteiger partial charge in [-0.2, -0.15) is 0 Å². The number of nitrogens with one attached hydrogen (secondary N) is 1. The highest BCUT2D eigenvalue weighted by Crippen LogP contribution is 2.18. The lowest BCUT2D eigenvalue weighted by Crippen LogP contribution is -2.21. The van der Waals surface area contributed by atoms with E-state index in [9.17, 15) is 0 Å². The Morgan fingerprint density at radius 2 is 1.90 bits per heavy atom. The molecule has 3 heteroatoms. The summed E-state index contributed by atoms with van der Waals surface area (Å²) in [6.45, 7) is 6.30. The van der Waals surface area contributed by atoms with Gasteiger partial charge in [-0.25, -0.2) is 0 Å². The van der Waals surface area contributed by atoms with Gasteiger partial charge in [-0.05, 0) is 43.3 Å². The second-order valence-corrected chi connectivity index (χ2v) is 5.36. The number of nitrogens with zero attached hydrogens (tertiary/aromatic N) is 2. The average Bonchev–Trinajstić information content (AvgIpc) is 2.54. The summed E-state index contributed by atoms with van der Waals surface area (Å²) in [5, 5.41) is 3.44. The smallest absolute Gasteiger partial charge is 0.0421 e. The quantitative estimate of drug-likeness (QED) is 0.844. The second kappa shape index (κ2) is 7.79. The van der Waals surface area contributed by atoms with Crippen LogP contribution in [0.4, 0.5) is 5.69 Å². The van der Waals surface area contributed by atoms with Gasteiger partial charge in [0.05, 0.1) is 0 Å². The number of likely N-dealkylation sites (N-methyl/N-ethyl adjacent to an activating group) is 1. The zero-order valence-electron chi connectivity index (χ0n) is 13.2. The van der Waals surface area contributed by atoms with E-state index in [4.69, 9.17) is 0 Å². The molecule has 0 aliphatic rings. The molecule has 1 atom stereocenters. The van der Waals surface area contributed by atoms with Crippen LogP contribution >= 0.6 is 0 Å². The van der Waals surface area contributed by atoms with Gasteiger partial charge >= 0.3 is 0 Å². The van der Waals surface area contributed by atoms with E-state index in [1.807, 2.05) is 18.3 Å². The van der Waals surface area contributed by atoms with Gasteiger partial charge in [-0.1, -0.05) is 25.1 Å². The summed E-state index contributed by atoms with van der Waals surface area (Å²) >= 11 is 0. The van der Waals surface area contributed by atoms with E-state index in [0.717, 1.165) is 25.2 Å². The summed E-state index contributed by atoms with van der Waals surface area (Å²) < 4.78 is 0. The van der Waals surface area contributed by atoms with Crippen LogP contribution in [-0.2, 0) is 6.42 Å². The van der Waals surface area contributed by atoms with E-state index in [0.29, 0.717) is 6.04 Å². The van der Waals surface area contributed by atoms with Crippen LogP contribution in [0.1, 0.15) is 31.1 Å². The summed E-state index contributed by atoms with van der Waals surface area (Å²) in [5.41, 5.74) is 3.72. The first-order chi connectivity index (χ1) is 10.2. The summed E-state index contributed by atoms with van der Waals surface area (Å²) in [6, 6.07) is 15.3. The van der Waals surface area contributed by atoms with Gasteiger partial charge in [0.25, 0.3) is 0 Å². The number of hydrogen-bond acceptors (Lipinski definition) is 3. The molecular formula is C18H25N3. The molecule has 1 aromatic heterocycles. The Hall–Kier alpha value is -1.87. The molecule has 112 valence electrons. The molecule has 0 aliphatic carbocycles. The highest BCUT2D eigenvalue weighted by atomic mass is 15.1. The van der Waals surface area contributed by atoms with Crippen molar-refractivity contribution < 1.29 is 0 Å². The molecular weight excluding hydrogens is 258 g/mol. The van der Waals surface area contributed by atoms with Gasteiger partial charge < -0.3 is 10.2 Å². The topological polar surface area (TPSA) is 28.2 Å². The molecule has 1 heterocycles. The van der Waals surface area contributed by atoms with E-state index in [1.54, 1.807) is 0 Å². The third kappa shape index (κ3) is 4.57. The predicted octanol–water partition coefficient (Wildman–Crippen LogP) is 3.43. The fraction of sp³-hybridized carbons (Fsp3) is 0.389. The number of pyridine rings is 1. The summed E-state index contributed by atoms with van der Waals surface area (Å²) in [6.07, 6.45) is 2.82. The Morgan fingerprint density at radius 1 is 1.14 bits per heavy atom. The van der Waals surface area contributed by atoms with E-state index < -0.39 is 0 Å². The zero-order chi connectivity index (χ0) is 15.1. The minimum absolute atomic E-state index is 0.405. The zero-order valence-corrected chi connectivity index (χ0v) is 13.2. The molecule has 2 aromatic rings. The molecule has 2 rings (SSSR count). The van der Waals surface area contributed by atoms with Crippen LogP contribution in [0.5, 0.6) is 0 Å². The monoisotopic (exact) mass is 283 g/mol. The van der Waals surface area contributed by atoms with Gasteiger partial charge in [0, 0.05) is 43.6 Å². The van der Waals surface area contributed by atoms with Crippen LogP contribution in [0.3, 0.4) is 0 Å². The van der Waals surface area contributed by atoms with Gasteiger partial charge in [0.1, 0.15) is 0 Å². The number of benzene rings is 1. The summed E-state index contributed by atoms with van der Waals surface area (Å²) in [5.74, 6) is 0. The first kappa shape index (κ1) is 15.5. The molecule has 0 spiro atoms. The van der Waals surface area contributed by atoms with Crippen LogP contribution in [0.2, 0.25) is 0 Å². The van der Waals surface area contributed by atoms with E-state index in [1.165, 1.54) is 11.3 Å². The SMILES string of the molecule is CCNC(C)c1ccc(N(C)CCc2ccccn2)cc1. The molecule has 3 nitrogen and oxygen atoms in total. The number of hydrogen-bond donors (Lipinski definition) is 1. The van der Waals surface area contributed by atoms with Crippen LogP contribution < -0.4 is 10.2 Å². The molecule has 1 N–H and O–H groups in total. The Labute approximate surface area is 128 Å². The third-order valence-electron chi connectivity index (χ3n) is 3.77. The van der Waals surface area contributed by atoms with Crippen molar-refractivity contribution in [1.82, 2.24) is 10.3 Å². The lowest BCUT2D eigenvalue weighted by molar-refractivity contribution is 0.598. The average molecular weight is 283 g/mol. The van der Waals surface area contributed by atoms with Crippen molar-refractivity contribution in [3.8, 4) is 0 Å². The number of aromatic nitrogens is 1. The van der Waals surface area contributed by atoms with Gasteiger partial charge in [0.2, 0.25) is 0 Å². The van der Waals surface area contributed by atoms with E-state index in [2.05, 4.69) is 66.4 Å². The Bertz CT molecular complexity index is 522. The van der Waals surface area contributed by atoms with E-state index in [-0.39, 0.29) is 0 Å². The Kier molecular flexibility index (Phi) is 5.76. The molecule has 0 bridgehead atoms. The molecule has 0 saturated carbocycles. The molecule has 0 aliphatic heterocycles. The maximum atomic E-state index is 4.37. The molecule has 1 aromatic carbocycles. The molecule has 0 fully saturated rings. The third-order valence-corrected chi connectivity index (χ3v) is 3.77. The molecule has 0 radical (unpaired) electrons. The fourth-order valence-electron chi connectivity index (χ4n) is 2.40. The van der Waals surface area contributed by atoms with Crippen LogP contribution in [0.25, 0.3) is 0 Å². The van der Waals surface area contributed by atoms with Crippen LogP contribution in [0, 0.1) is 0 Å². The lowest BCUT2D eigenvalue weighted by atomic mass is 10.1. The first-order valence-corrected chi connectivity index (χ1v) is 7.65. The Morgan fingerprint density at radius 3 is 2.52 bits per heavy atom. The van der Waals surface area contributed by atoms with Crippen molar-refractivity contribution in [2.24, 2.45) is 0 Å². The second-order valence-electron chi connectivity index (χ2n) is 5.36. The van der Waals surface area contributed by atoms with Crippen LogP contribution in [-0.4, -0.2) is 25.1 Å². The minimum Gasteiger partial charge on any atom is -0.374 e. The molecule has 0 amide bonds. The van der Waals surface area contributed by atoms with Crippen molar-refractivity contribution in [2.45, 2.75) is 26.3 Å².